The first kappa shape index (κ1) is 10.4. The quantitative estimate of drug-likeness (QED) is 0.842. The first-order valence-corrected chi connectivity index (χ1v) is 6.26. The molecule has 1 aromatic heterocycles. The highest BCUT2D eigenvalue weighted by molar-refractivity contribution is 7.15. The molecule has 78 valence electrons. The molecule has 1 unspecified atom stereocenters. The minimum absolute atomic E-state index is 0.775. The third-order valence-electron chi connectivity index (χ3n) is 2.69. The van der Waals surface area contributed by atoms with E-state index in [2.05, 4.69) is 17.2 Å². The summed E-state index contributed by atoms with van der Waals surface area (Å²) in [7, 11) is 0. The zero-order valence-electron chi connectivity index (χ0n) is 8.29. The van der Waals surface area contributed by atoms with E-state index in [4.69, 9.17) is 11.6 Å². The topological polar surface area (TPSA) is 24.9 Å². The van der Waals surface area contributed by atoms with E-state index in [1.54, 1.807) is 17.5 Å². The number of thiazole rings is 1. The summed E-state index contributed by atoms with van der Waals surface area (Å²) in [6.07, 6.45) is 4.56. The minimum atomic E-state index is 0.775. The van der Waals surface area contributed by atoms with Crippen LogP contribution in [0.5, 0.6) is 0 Å². The normalized spacial score (nSPS) is 18.4. The summed E-state index contributed by atoms with van der Waals surface area (Å²) in [5.74, 6) is 1.79. The number of rotatable bonds is 5. The third-order valence-corrected chi connectivity index (χ3v) is 3.81. The SMILES string of the molecule is CC(CNCc1ncc(Cl)s1)C1CC1. The molecule has 4 heteroatoms. The van der Waals surface area contributed by atoms with Crippen molar-refractivity contribution in [2.75, 3.05) is 6.54 Å². The van der Waals surface area contributed by atoms with E-state index >= 15 is 0 Å². The summed E-state index contributed by atoms with van der Waals surface area (Å²) in [6, 6.07) is 0. The first-order valence-electron chi connectivity index (χ1n) is 5.06. The number of halogens is 1. The Morgan fingerprint density at radius 2 is 2.50 bits per heavy atom. The predicted octanol–water partition coefficient (Wildman–Crippen LogP) is 2.93. The lowest BCUT2D eigenvalue weighted by Gasteiger charge is -2.09. The van der Waals surface area contributed by atoms with Gasteiger partial charge in [-0.15, -0.1) is 11.3 Å². The van der Waals surface area contributed by atoms with Crippen molar-refractivity contribution in [3.63, 3.8) is 0 Å². The number of nitrogens with one attached hydrogen (secondary N) is 1. The van der Waals surface area contributed by atoms with Crippen molar-refractivity contribution >= 4 is 22.9 Å². The summed E-state index contributed by atoms with van der Waals surface area (Å²) in [5, 5.41) is 4.51. The molecule has 0 aliphatic heterocycles. The minimum Gasteiger partial charge on any atom is -0.310 e. The van der Waals surface area contributed by atoms with Crippen LogP contribution in [0.15, 0.2) is 6.20 Å². The van der Waals surface area contributed by atoms with E-state index in [1.165, 1.54) is 12.8 Å². The Morgan fingerprint density at radius 1 is 1.71 bits per heavy atom. The zero-order chi connectivity index (χ0) is 9.97. The van der Waals surface area contributed by atoms with Gasteiger partial charge < -0.3 is 5.32 Å². The standard InChI is InChI=1S/C10H15ClN2S/c1-7(8-2-3-8)4-12-6-10-13-5-9(11)14-10/h5,7-8,12H,2-4,6H2,1H3. The van der Waals surface area contributed by atoms with Crippen molar-refractivity contribution in [3.05, 3.63) is 15.5 Å². The highest BCUT2D eigenvalue weighted by atomic mass is 35.5. The van der Waals surface area contributed by atoms with Gasteiger partial charge in [-0.05, 0) is 31.2 Å². The van der Waals surface area contributed by atoms with E-state index in [1.807, 2.05) is 0 Å². The van der Waals surface area contributed by atoms with E-state index in [0.29, 0.717) is 0 Å². The zero-order valence-corrected chi connectivity index (χ0v) is 9.87. The van der Waals surface area contributed by atoms with Gasteiger partial charge in [-0.3, -0.25) is 0 Å². The Balaban J connectivity index is 1.67. The van der Waals surface area contributed by atoms with Crippen molar-refractivity contribution in [1.82, 2.24) is 10.3 Å². The van der Waals surface area contributed by atoms with Crippen LogP contribution in [0.25, 0.3) is 0 Å². The van der Waals surface area contributed by atoms with E-state index in [0.717, 1.165) is 34.3 Å². The fourth-order valence-electron chi connectivity index (χ4n) is 1.61. The van der Waals surface area contributed by atoms with Gasteiger partial charge in [0.2, 0.25) is 0 Å². The predicted molar refractivity (Wildman–Crippen MR) is 60.7 cm³/mol. The van der Waals surface area contributed by atoms with Crippen molar-refractivity contribution in [2.45, 2.75) is 26.3 Å². The Bertz CT molecular complexity index is 296. The lowest BCUT2D eigenvalue weighted by atomic mass is 10.1. The Morgan fingerprint density at radius 3 is 3.07 bits per heavy atom. The largest absolute Gasteiger partial charge is 0.310 e. The molecule has 1 saturated carbocycles. The Kier molecular flexibility index (Phi) is 3.42. The van der Waals surface area contributed by atoms with Crippen LogP contribution in [0.2, 0.25) is 4.34 Å². The van der Waals surface area contributed by atoms with Crippen LogP contribution in [-0.4, -0.2) is 11.5 Å². The lowest BCUT2D eigenvalue weighted by molar-refractivity contribution is 0.461. The van der Waals surface area contributed by atoms with Gasteiger partial charge in [-0.25, -0.2) is 4.98 Å². The van der Waals surface area contributed by atoms with Crippen LogP contribution >= 0.6 is 22.9 Å². The van der Waals surface area contributed by atoms with Crippen molar-refractivity contribution in [3.8, 4) is 0 Å². The van der Waals surface area contributed by atoms with Crippen molar-refractivity contribution < 1.29 is 0 Å². The second-order valence-corrected chi connectivity index (χ2v) is 5.75. The van der Waals surface area contributed by atoms with Crippen molar-refractivity contribution in [2.24, 2.45) is 11.8 Å². The van der Waals surface area contributed by atoms with Gasteiger partial charge in [0, 0.05) is 6.54 Å². The molecule has 2 nitrogen and oxygen atoms in total. The summed E-state index contributed by atoms with van der Waals surface area (Å²) in [4.78, 5) is 4.20. The highest BCUT2D eigenvalue weighted by Gasteiger charge is 2.27. The molecule has 1 aliphatic rings. The van der Waals surface area contributed by atoms with Crippen LogP contribution in [-0.2, 0) is 6.54 Å². The molecular formula is C10H15ClN2S. The van der Waals surface area contributed by atoms with Gasteiger partial charge >= 0.3 is 0 Å². The van der Waals surface area contributed by atoms with Gasteiger partial charge in [-0.1, -0.05) is 18.5 Å². The number of aromatic nitrogens is 1. The maximum Gasteiger partial charge on any atom is 0.113 e. The van der Waals surface area contributed by atoms with Gasteiger partial charge in [0.05, 0.1) is 6.20 Å². The average Bonchev–Trinajstić information content (AvgIpc) is 2.92. The summed E-state index contributed by atoms with van der Waals surface area (Å²) in [6.45, 7) is 4.27. The van der Waals surface area contributed by atoms with Gasteiger partial charge in [0.15, 0.2) is 0 Å². The van der Waals surface area contributed by atoms with Crippen LogP contribution in [0.4, 0.5) is 0 Å². The summed E-state index contributed by atoms with van der Waals surface area (Å²) in [5.41, 5.74) is 0. The maximum atomic E-state index is 5.79. The molecule has 1 aromatic rings. The van der Waals surface area contributed by atoms with Crippen LogP contribution in [0, 0.1) is 11.8 Å². The molecule has 2 rings (SSSR count). The molecule has 1 fully saturated rings. The van der Waals surface area contributed by atoms with E-state index in [-0.39, 0.29) is 0 Å². The van der Waals surface area contributed by atoms with Crippen LogP contribution in [0.1, 0.15) is 24.8 Å². The lowest BCUT2D eigenvalue weighted by Crippen LogP contribution is -2.21. The van der Waals surface area contributed by atoms with Crippen LogP contribution < -0.4 is 5.32 Å². The molecule has 0 bridgehead atoms. The number of hydrogen-bond donors (Lipinski definition) is 1. The summed E-state index contributed by atoms with van der Waals surface area (Å²) < 4.78 is 0.775. The molecule has 0 aromatic carbocycles. The molecule has 0 saturated heterocycles. The molecule has 0 radical (unpaired) electrons. The fourth-order valence-corrected chi connectivity index (χ4v) is 2.53. The van der Waals surface area contributed by atoms with Crippen molar-refractivity contribution in [1.29, 1.82) is 0 Å². The maximum absolute atomic E-state index is 5.79. The second-order valence-electron chi connectivity index (χ2n) is 4.00. The smallest absolute Gasteiger partial charge is 0.113 e. The molecule has 1 aliphatic carbocycles. The van der Waals surface area contributed by atoms with E-state index in [9.17, 15) is 0 Å². The van der Waals surface area contributed by atoms with Gasteiger partial charge in [-0.2, -0.15) is 0 Å². The number of nitrogens with zero attached hydrogens (tertiary/aromatic N) is 1. The third kappa shape index (κ3) is 2.94. The molecule has 1 N–H and O–H groups in total. The van der Waals surface area contributed by atoms with E-state index < -0.39 is 0 Å². The second kappa shape index (κ2) is 4.60. The monoisotopic (exact) mass is 230 g/mol. The number of hydrogen-bond acceptors (Lipinski definition) is 3. The Labute approximate surface area is 93.7 Å². The molecule has 1 atom stereocenters. The van der Waals surface area contributed by atoms with Gasteiger partial charge in [0.25, 0.3) is 0 Å². The first-order chi connectivity index (χ1) is 6.75. The molecule has 1 heterocycles. The molecule has 14 heavy (non-hydrogen) atoms. The molecule has 0 spiro atoms. The highest BCUT2D eigenvalue weighted by Crippen LogP contribution is 2.36. The fraction of sp³-hybridized carbons (Fsp3) is 0.700. The molecule has 0 amide bonds. The van der Waals surface area contributed by atoms with Gasteiger partial charge in [0.1, 0.15) is 9.34 Å². The van der Waals surface area contributed by atoms with Crippen LogP contribution in [0.3, 0.4) is 0 Å². The molecular weight excluding hydrogens is 216 g/mol. The average molecular weight is 231 g/mol. The summed E-state index contributed by atoms with van der Waals surface area (Å²) >= 11 is 7.35. The Hall–Kier alpha value is -0.120.